The molecule has 1 aromatic carbocycles. The van der Waals surface area contributed by atoms with Crippen LogP contribution in [0, 0.1) is 0 Å². The van der Waals surface area contributed by atoms with E-state index in [9.17, 15) is 0 Å². The second kappa shape index (κ2) is 6.39. The van der Waals surface area contributed by atoms with Crippen LogP contribution in [0.2, 0.25) is 0 Å². The molecule has 2 N–H and O–H groups in total. The van der Waals surface area contributed by atoms with E-state index in [1.165, 1.54) is 15.4 Å². The van der Waals surface area contributed by atoms with Gasteiger partial charge in [-0.1, -0.05) is 36.1 Å². The minimum atomic E-state index is 0.560. The van der Waals surface area contributed by atoms with E-state index in [-0.39, 0.29) is 0 Å². The van der Waals surface area contributed by atoms with Crippen LogP contribution in [0.4, 0.5) is 0 Å². The molecule has 0 radical (unpaired) electrons. The molecule has 0 spiro atoms. The van der Waals surface area contributed by atoms with Crippen molar-refractivity contribution in [3.63, 3.8) is 0 Å². The molecule has 1 aromatic heterocycles. The maximum absolute atomic E-state index is 5.85. The zero-order valence-electron chi connectivity index (χ0n) is 9.42. The van der Waals surface area contributed by atoms with Gasteiger partial charge >= 0.3 is 0 Å². The van der Waals surface area contributed by atoms with Gasteiger partial charge in [0.1, 0.15) is 5.51 Å². The Bertz CT molecular complexity index is 471. The second-order valence-corrected chi connectivity index (χ2v) is 6.60. The zero-order valence-corrected chi connectivity index (χ0v) is 11.9. The first-order chi connectivity index (χ1) is 8.35. The minimum Gasteiger partial charge on any atom is -0.326 e. The fraction of sp³-hybridized carbons (Fsp3) is 0.273. The molecule has 0 aliphatic heterocycles. The third-order valence-corrected chi connectivity index (χ3v) is 4.99. The van der Waals surface area contributed by atoms with Crippen LogP contribution >= 0.6 is 34.9 Å². The van der Waals surface area contributed by atoms with Crippen molar-refractivity contribution in [2.45, 2.75) is 27.6 Å². The van der Waals surface area contributed by atoms with Crippen LogP contribution < -0.4 is 5.73 Å². The van der Waals surface area contributed by atoms with Crippen molar-refractivity contribution < 1.29 is 0 Å². The van der Waals surface area contributed by atoms with Crippen molar-refractivity contribution in [2.75, 3.05) is 5.75 Å². The summed E-state index contributed by atoms with van der Waals surface area (Å²) in [5, 5.41) is 7.89. The first-order valence-corrected chi connectivity index (χ1v) is 7.92. The number of benzene rings is 1. The molecule has 0 aliphatic carbocycles. The number of thioether (sulfide) groups is 1. The topological polar surface area (TPSA) is 51.8 Å². The highest BCUT2D eigenvalue weighted by molar-refractivity contribution is 8.01. The molecule has 90 valence electrons. The van der Waals surface area contributed by atoms with Gasteiger partial charge in [0.25, 0.3) is 0 Å². The summed E-state index contributed by atoms with van der Waals surface area (Å²) in [5.74, 6) is 1.06. The van der Waals surface area contributed by atoms with Crippen molar-refractivity contribution in [2.24, 2.45) is 5.73 Å². The molecular formula is C11H13N3S3. The molecule has 17 heavy (non-hydrogen) atoms. The molecule has 1 heterocycles. The summed E-state index contributed by atoms with van der Waals surface area (Å²) in [6.45, 7) is 2.71. The van der Waals surface area contributed by atoms with Gasteiger partial charge in [0.05, 0.1) is 0 Å². The number of nitrogens with zero attached hydrogens (tertiary/aromatic N) is 2. The van der Waals surface area contributed by atoms with E-state index >= 15 is 0 Å². The molecule has 0 saturated heterocycles. The van der Waals surface area contributed by atoms with Crippen molar-refractivity contribution in [3.05, 3.63) is 29.3 Å². The Morgan fingerprint density at radius 2 is 2.18 bits per heavy atom. The van der Waals surface area contributed by atoms with E-state index in [2.05, 4.69) is 35.3 Å². The number of hydrogen-bond acceptors (Lipinski definition) is 6. The molecule has 3 nitrogen and oxygen atoms in total. The van der Waals surface area contributed by atoms with Gasteiger partial charge in [-0.05, 0) is 23.4 Å². The molecule has 2 aromatic rings. The lowest BCUT2D eigenvalue weighted by Gasteiger charge is -2.10. The van der Waals surface area contributed by atoms with Crippen LogP contribution in [0.5, 0.6) is 0 Å². The Morgan fingerprint density at radius 1 is 1.35 bits per heavy atom. The highest BCUT2D eigenvalue weighted by atomic mass is 32.2. The molecule has 0 amide bonds. The van der Waals surface area contributed by atoms with Gasteiger partial charge in [0.15, 0.2) is 4.34 Å². The lowest BCUT2D eigenvalue weighted by Crippen LogP contribution is -2.00. The van der Waals surface area contributed by atoms with E-state index in [1.807, 2.05) is 11.8 Å². The monoisotopic (exact) mass is 283 g/mol. The SMILES string of the molecule is CCSc1cccc(Sc2nncs2)c1CN. The van der Waals surface area contributed by atoms with Crippen LogP contribution in [-0.2, 0) is 6.54 Å². The molecule has 0 atom stereocenters. The predicted octanol–water partition coefficient (Wildman–Crippen LogP) is 3.26. The Morgan fingerprint density at radius 3 is 2.82 bits per heavy atom. The summed E-state index contributed by atoms with van der Waals surface area (Å²) in [7, 11) is 0. The Kier molecular flexibility index (Phi) is 4.85. The normalized spacial score (nSPS) is 10.7. The Labute approximate surface area is 113 Å². The van der Waals surface area contributed by atoms with Crippen molar-refractivity contribution in [1.82, 2.24) is 10.2 Å². The summed E-state index contributed by atoms with van der Waals surface area (Å²) in [6, 6.07) is 6.29. The van der Waals surface area contributed by atoms with Gasteiger partial charge in [-0.2, -0.15) is 0 Å². The average Bonchev–Trinajstić information content (AvgIpc) is 2.83. The fourth-order valence-electron chi connectivity index (χ4n) is 1.43. The van der Waals surface area contributed by atoms with Crippen molar-refractivity contribution in [1.29, 1.82) is 0 Å². The predicted molar refractivity (Wildman–Crippen MR) is 74.8 cm³/mol. The highest BCUT2D eigenvalue weighted by Gasteiger charge is 2.09. The van der Waals surface area contributed by atoms with Gasteiger partial charge in [-0.3, -0.25) is 0 Å². The summed E-state index contributed by atoms with van der Waals surface area (Å²) < 4.78 is 0.957. The molecular weight excluding hydrogens is 270 g/mol. The van der Waals surface area contributed by atoms with E-state index in [0.717, 1.165) is 10.1 Å². The van der Waals surface area contributed by atoms with Gasteiger partial charge in [-0.15, -0.1) is 22.0 Å². The van der Waals surface area contributed by atoms with Crippen LogP contribution in [0.25, 0.3) is 0 Å². The van der Waals surface area contributed by atoms with Gasteiger partial charge < -0.3 is 5.73 Å². The standard InChI is InChI=1S/C11H13N3S3/c1-2-15-9-4-3-5-10(8(9)6-12)17-11-14-13-7-16-11/h3-5,7H,2,6,12H2,1H3. The molecule has 0 bridgehead atoms. The lowest BCUT2D eigenvalue weighted by atomic mass is 10.2. The van der Waals surface area contributed by atoms with E-state index in [0.29, 0.717) is 6.54 Å². The van der Waals surface area contributed by atoms with Crippen LogP contribution in [0.1, 0.15) is 12.5 Å². The summed E-state index contributed by atoms with van der Waals surface area (Å²) in [4.78, 5) is 2.45. The maximum atomic E-state index is 5.85. The van der Waals surface area contributed by atoms with Gasteiger partial charge in [0, 0.05) is 16.3 Å². The smallest absolute Gasteiger partial charge is 0.178 e. The summed E-state index contributed by atoms with van der Waals surface area (Å²) in [6.07, 6.45) is 0. The molecule has 0 saturated carbocycles. The number of rotatable bonds is 5. The first-order valence-electron chi connectivity index (χ1n) is 5.24. The summed E-state index contributed by atoms with van der Waals surface area (Å²) in [5.41, 5.74) is 8.80. The lowest BCUT2D eigenvalue weighted by molar-refractivity contribution is 0.973. The Balaban J connectivity index is 2.29. The molecule has 6 heteroatoms. The quantitative estimate of drug-likeness (QED) is 0.854. The van der Waals surface area contributed by atoms with Crippen molar-refractivity contribution in [3.8, 4) is 0 Å². The van der Waals surface area contributed by atoms with E-state index in [1.54, 1.807) is 28.6 Å². The number of aromatic nitrogens is 2. The van der Waals surface area contributed by atoms with Crippen LogP contribution in [-0.4, -0.2) is 16.0 Å². The fourth-order valence-corrected chi connectivity index (χ4v) is 3.96. The van der Waals surface area contributed by atoms with Crippen molar-refractivity contribution >= 4 is 34.9 Å². The first kappa shape index (κ1) is 12.9. The Hall–Kier alpha value is -0.560. The largest absolute Gasteiger partial charge is 0.326 e. The van der Waals surface area contributed by atoms with E-state index < -0.39 is 0 Å². The molecule has 0 unspecified atom stereocenters. The number of nitrogens with two attached hydrogens (primary N) is 1. The minimum absolute atomic E-state index is 0.560. The third-order valence-electron chi connectivity index (χ3n) is 2.13. The average molecular weight is 283 g/mol. The molecule has 2 rings (SSSR count). The number of hydrogen-bond donors (Lipinski definition) is 1. The van der Waals surface area contributed by atoms with Gasteiger partial charge in [-0.25, -0.2) is 0 Å². The van der Waals surface area contributed by atoms with Gasteiger partial charge in [0.2, 0.25) is 0 Å². The van der Waals surface area contributed by atoms with E-state index in [4.69, 9.17) is 5.73 Å². The zero-order chi connectivity index (χ0) is 12.1. The molecule has 0 aliphatic rings. The van der Waals surface area contributed by atoms with Crippen LogP contribution in [0.15, 0.2) is 37.8 Å². The van der Waals surface area contributed by atoms with Crippen LogP contribution in [0.3, 0.4) is 0 Å². The second-order valence-electron chi connectivity index (χ2n) is 3.18. The third kappa shape index (κ3) is 3.22. The summed E-state index contributed by atoms with van der Waals surface area (Å²) >= 11 is 5.01. The highest BCUT2D eigenvalue weighted by Crippen LogP contribution is 2.35. The molecule has 0 fully saturated rings. The maximum Gasteiger partial charge on any atom is 0.178 e.